The minimum absolute atomic E-state index is 0.0496. The lowest BCUT2D eigenvalue weighted by Crippen LogP contribution is -2.16. The van der Waals surface area contributed by atoms with E-state index in [2.05, 4.69) is 15.0 Å². The fraction of sp³-hybridized carbons (Fsp3) is 0.308. The standard InChI is InChI=1S/C13H14N2O4S/c1-3-9-7(2)20-12(11(9)13(17)18)14-10(16)6-8-4-5-19-15-8/h4-5H,3,6H2,1-2H3,(H,14,16)(H,17,18). The minimum atomic E-state index is -1.03. The van der Waals surface area contributed by atoms with Crippen molar-refractivity contribution in [2.24, 2.45) is 0 Å². The van der Waals surface area contributed by atoms with Gasteiger partial charge in [-0.3, -0.25) is 4.79 Å². The van der Waals surface area contributed by atoms with Crippen molar-refractivity contribution >= 4 is 28.2 Å². The van der Waals surface area contributed by atoms with E-state index in [1.165, 1.54) is 17.6 Å². The summed E-state index contributed by atoms with van der Waals surface area (Å²) in [6.07, 6.45) is 2.05. The molecule has 0 saturated carbocycles. The first-order chi connectivity index (χ1) is 9.52. The number of aromatic nitrogens is 1. The highest BCUT2D eigenvalue weighted by Crippen LogP contribution is 2.33. The molecule has 2 N–H and O–H groups in total. The second-order valence-electron chi connectivity index (χ2n) is 4.22. The molecule has 106 valence electrons. The van der Waals surface area contributed by atoms with E-state index in [4.69, 9.17) is 0 Å². The van der Waals surface area contributed by atoms with Gasteiger partial charge < -0.3 is 14.9 Å². The number of carbonyl (C=O) groups excluding carboxylic acids is 1. The van der Waals surface area contributed by atoms with E-state index in [-0.39, 0.29) is 17.9 Å². The van der Waals surface area contributed by atoms with Gasteiger partial charge in [-0.15, -0.1) is 11.3 Å². The Morgan fingerprint density at radius 1 is 1.50 bits per heavy atom. The van der Waals surface area contributed by atoms with Crippen molar-refractivity contribution in [3.05, 3.63) is 34.0 Å². The maximum Gasteiger partial charge on any atom is 0.339 e. The molecule has 7 heteroatoms. The highest BCUT2D eigenvalue weighted by Gasteiger charge is 2.22. The third-order valence-corrected chi connectivity index (χ3v) is 3.93. The number of hydrogen-bond donors (Lipinski definition) is 2. The number of hydrogen-bond acceptors (Lipinski definition) is 5. The Hall–Kier alpha value is -2.15. The molecule has 2 aromatic heterocycles. The molecular formula is C13H14N2O4S. The maximum atomic E-state index is 11.9. The number of amides is 1. The van der Waals surface area contributed by atoms with Crippen molar-refractivity contribution in [2.45, 2.75) is 26.7 Å². The van der Waals surface area contributed by atoms with Crippen LogP contribution in [0.15, 0.2) is 16.9 Å². The van der Waals surface area contributed by atoms with Gasteiger partial charge in [0.25, 0.3) is 0 Å². The summed E-state index contributed by atoms with van der Waals surface area (Å²) in [7, 11) is 0. The fourth-order valence-corrected chi connectivity index (χ4v) is 3.14. The molecule has 20 heavy (non-hydrogen) atoms. The highest BCUT2D eigenvalue weighted by atomic mass is 32.1. The minimum Gasteiger partial charge on any atom is -0.478 e. The first-order valence-electron chi connectivity index (χ1n) is 6.07. The van der Waals surface area contributed by atoms with E-state index in [1.807, 2.05) is 13.8 Å². The first kappa shape index (κ1) is 14.3. The van der Waals surface area contributed by atoms with Crippen molar-refractivity contribution in [3.63, 3.8) is 0 Å². The number of aromatic carboxylic acids is 1. The molecule has 0 bridgehead atoms. The number of nitrogens with zero attached hydrogens (tertiary/aromatic N) is 1. The van der Waals surface area contributed by atoms with Crippen LogP contribution in [0.1, 0.15) is 33.4 Å². The Labute approximate surface area is 119 Å². The van der Waals surface area contributed by atoms with Gasteiger partial charge >= 0.3 is 5.97 Å². The molecule has 0 aliphatic heterocycles. The third kappa shape index (κ3) is 2.88. The van der Waals surface area contributed by atoms with Crippen LogP contribution in [0.5, 0.6) is 0 Å². The third-order valence-electron chi connectivity index (χ3n) is 2.86. The zero-order valence-corrected chi connectivity index (χ0v) is 11.9. The average Bonchev–Trinajstić information content (AvgIpc) is 2.96. The molecule has 1 amide bonds. The maximum absolute atomic E-state index is 11.9. The highest BCUT2D eigenvalue weighted by molar-refractivity contribution is 7.16. The monoisotopic (exact) mass is 294 g/mol. The van der Waals surface area contributed by atoms with Crippen LogP contribution in [0.3, 0.4) is 0 Å². The normalized spacial score (nSPS) is 10.5. The van der Waals surface area contributed by atoms with Crippen LogP contribution in [0.4, 0.5) is 5.00 Å². The summed E-state index contributed by atoms with van der Waals surface area (Å²) in [5.41, 5.74) is 1.45. The van der Waals surface area contributed by atoms with Crippen molar-refractivity contribution in [1.82, 2.24) is 5.16 Å². The Balaban J connectivity index is 2.20. The number of thiophene rings is 1. The van der Waals surface area contributed by atoms with Crippen LogP contribution in [0.2, 0.25) is 0 Å². The molecule has 0 saturated heterocycles. The van der Waals surface area contributed by atoms with Crippen molar-refractivity contribution in [2.75, 3.05) is 5.32 Å². The van der Waals surface area contributed by atoms with E-state index in [1.54, 1.807) is 6.07 Å². The lowest BCUT2D eigenvalue weighted by molar-refractivity contribution is -0.115. The summed E-state index contributed by atoms with van der Waals surface area (Å²) in [5, 5.41) is 16.0. The van der Waals surface area contributed by atoms with Gasteiger partial charge in [0.2, 0.25) is 5.91 Å². The number of nitrogens with one attached hydrogen (secondary N) is 1. The van der Waals surface area contributed by atoms with Crippen molar-refractivity contribution in [1.29, 1.82) is 0 Å². The second-order valence-corrected chi connectivity index (χ2v) is 5.44. The van der Waals surface area contributed by atoms with E-state index in [0.717, 1.165) is 10.4 Å². The average molecular weight is 294 g/mol. The van der Waals surface area contributed by atoms with Gasteiger partial charge in [-0.25, -0.2) is 4.79 Å². The zero-order chi connectivity index (χ0) is 14.7. The van der Waals surface area contributed by atoms with Crippen LogP contribution >= 0.6 is 11.3 Å². The molecule has 0 aliphatic rings. The van der Waals surface area contributed by atoms with Gasteiger partial charge in [0, 0.05) is 10.9 Å². The van der Waals surface area contributed by atoms with Gasteiger partial charge in [-0.05, 0) is 18.9 Å². The quantitative estimate of drug-likeness (QED) is 0.883. The van der Waals surface area contributed by atoms with E-state index in [9.17, 15) is 14.7 Å². The summed E-state index contributed by atoms with van der Waals surface area (Å²) >= 11 is 1.28. The molecule has 0 radical (unpaired) electrons. The lowest BCUT2D eigenvalue weighted by atomic mass is 10.1. The number of aryl methyl sites for hydroxylation is 1. The molecule has 0 fully saturated rings. The Morgan fingerprint density at radius 2 is 2.25 bits per heavy atom. The number of anilines is 1. The number of rotatable bonds is 5. The molecule has 0 aliphatic carbocycles. The lowest BCUT2D eigenvalue weighted by Gasteiger charge is -2.03. The van der Waals surface area contributed by atoms with Gasteiger partial charge in [0.1, 0.15) is 11.3 Å². The molecule has 0 spiro atoms. The number of carboxylic acid groups (broad SMARTS) is 1. The van der Waals surface area contributed by atoms with Gasteiger partial charge in [-0.2, -0.15) is 0 Å². The van der Waals surface area contributed by atoms with E-state index >= 15 is 0 Å². The van der Waals surface area contributed by atoms with Crippen molar-refractivity contribution < 1.29 is 19.2 Å². The summed E-state index contributed by atoms with van der Waals surface area (Å²) < 4.78 is 4.65. The topological polar surface area (TPSA) is 92.4 Å². The SMILES string of the molecule is CCc1c(C)sc(NC(=O)Cc2ccon2)c1C(=O)O. The smallest absolute Gasteiger partial charge is 0.339 e. The molecule has 6 nitrogen and oxygen atoms in total. The fourth-order valence-electron chi connectivity index (χ4n) is 1.98. The Kier molecular flexibility index (Phi) is 4.19. The molecule has 0 atom stereocenters. The summed E-state index contributed by atoms with van der Waals surface area (Å²) in [5.74, 6) is -1.34. The second kappa shape index (κ2) is 5.87. The van der Waals surface area contributed by atoms with Gasteiger partial charge in [0.15, 0.2) is 0 Å². The predicted octanol–water partition coefficient (Wildman–Crippen LogP) is 2.49. The van der Waals surface area contributed by atoms with Crippen LogP contribution in [0.25, 0.3) is 0 Å². The molecule has 0 unspecified atom stereocenters. The molecule has 2 heterocycles. The molecule has 2 rings (SSSR count). The van der Waals surface area contributed by atoms with E-state index < -0.39 is 5.97 Å². The summed E-state index contributed by atoms with van der Waals surface area (Å²) in [6, 6.07) is 1.59. The van der Waals surface area contributed by atoms with Crippen LogP contribution in [0, 0.1) is 6.92 Å². The van der Waals surface area contributed by atoms with Crippen LogP contribution in [-0.2, 0) is 17.6 Å². The van der Waals surface area contributed by atoms with Gasteiger partial charge in [0.05, 0.1) is 17.7 Å². The summed E-state index contributed by atoms with van der Waals surface area (Å²) in [6.45, 7) is 3.74. The largest absolute Gasteiger partial charge is 0.478 e. The molecule has 2 aromatic rings. The zero-order valence-electron chi connectivity index (χ0n) is 11.1. The van der Waals surface area contributed by atoms with Crippen LogP contribution in [-0.4, -0.2) is 22.1 Å². The van der Waals surface area contributed by atoms with Crippen LogP contribution < -0.4 is 5.32 Å². The van der Waals surface area contributed by atoms with Gasteiger partial charge in [-0.1, -0.05) is 12.1 Å². The first-order valence-corrected chi connectivity index (χ1v) is 6.89. The summed E-state index contributed by atoms with van der Waals surface area (Å²) in [4.78, 5) is 24.1. The number of carboxylic acids is 1. The molecular weight excluding hydrogens is 280 g/mol. The predicted molar refractivity (Wildman–Crippen MR) is 74.2 cm³/mol. The Morgan fingerprint density at radius 3 is 2.80 bits per heavy atom. The van der Waals surface area contributed by atoms with E-state index in [0.29, 0.717) is 17.1 Å². The number of carbonyl (C=O) groups is 2. The Bertz CT molecular complexity index is 631. The van der Waals surface area contributed by atoms with Crippen molar-refractivity contribution in [3.8, 4) is 0 Å². The molecule has 0 aromatic carbocycles.